The van der Waals surface area contributed by atoms with E-state index in [1.165, 1.54) is 0 Å². The van der Waals surface area contributed by atoms with E-state index in [0.29, 0.717) is 6.42 Å². The summed E-state index contributed by atoms with van der Waals surface area (Å²) in [7, 11) is 1.90. The Bertz CT molecular complexity index is 397. The van der Waals surface area contributed by atoms with Crippen molar-refractivity contribution < 1.29 is 4.79 Å². The molecule has 1 rings (SSSR count). The van der Waals surface area contributed by atoms with Crippen LogP contribution in [-0.2, 0) is 5.54 Å². The molecular weight excluding hydrogens is 200 g/mol. The Morgan fingerprint density at radius 2 is 2.12 bits per heavy atom. The second kappa shape index (κ2) is 4.74. The summed E-state index contributed by atoms with van der Waals surface area (Å²) in [6.45, 7) is 7.89. The molecule has 88 valence electrons. The zero-order valence-corrected chi connectivity index (χ0v) is 10.7. The highest BCUT2D eigenvalue weighted by atomic mass is 16.1. The fourth-order valence-electron chi connectivity index (χ4n) is 1.75. The van der Waals surface area contributed by atoms with E-state index >= 15 is 0 Å². The number of carbonyl (C=O) groups excluding carboxylic acids is 1. The van der Waals surface area contributed by atoms with Crippen molar-refractivity contribution in [3.05, 3.63) is 29.1 Å². The van der Waals surface area contributed by atoms with E-state index in [0.717, 1.165) is 16.8 Å². The molecule has 0 aromatic carbocycles. The molecule has 1 aromatic rings. The van der Waals surface area contributed by atoms with E-state index in [1.54, 1.807) is 6.20 Å². The molecule has 0 saturated heterocycles. The summed E-state index contributed by atoms with van der Waals surface area (Å²) < 4.78 is 0. The van der Waals surface area contributed by atoms with Gasteiger partial charge in [0.25, 0.3) is 0 Å². The molecule has 3 heteroatoms. The maximum absolute atomic E-state index is 11.9. The number of hydrogen-bond donors (Lipinski definition) is 1. The van der Waals surface area contributed by atoms with E-state index in [4.69, 9.17) is 0 Å². The van der Waals surface area contributed by atoms with Gasteiger partial charge in [-0.2, -0.15) is 0 Å². The van der Waals surface area contributed by atoms with Gasteiger partial charge >= 0.3 is 0 Å². The Balaban J connectivity index is 3.40. The third-order valence-electron chi connectivity index (χ3n) is 3.04. The first-order valence-corrected chi connectivity index (χ1v) is 5.62. The monoisotopic (exact) mass is 220 g/mol. The SMILES string of the molecule is CCC(=O)c1c(C(C)(C)NC)ccnc1C. The van der Waals surface area contributed by atoms with Gasteiger partial charge in [0.15, 0.2) is 5.78 Å². The van der Waals surface area contributed by atoms with Crippen LogP contribution in [0.1, 0.15) is 48.8 Å². The molecule has 0 spiro atoms. The van der Waals surface area contributed by atoms with Crippen LogP contribution in [0.15, 0.2) is 12.3 Å². The van der Waals surface area contributed by atoms with Gasteiger partial charge in [-0.3, -0.25) is 9.78 Å². The highest BCUT2D eigenvalue weighted by Crippen LogP contribution is 2.25. The topological polar surface area (TPSA) is 42.0 Å². The van der Waals surface area contributed by atoms with Gasteiger partial charge in [0.05, 0.1) is 0 Å². The third kappa shape index (κ3) is 2.30. The van der Waals surface area contributed by atoms with Crippen LogP contribution in [0.4, 0.5) is 0 Å². The fourth-order valence-corrected chi connectivity index (χ4v) is 1.75. The minimum atomic E-state index is -0.214. The summed E-state index contributed by atoms with van der Waals surface area (Å²) in [6, 6.07) is 1.92. The molecule has 0 aliphatic rings. The van der Waals surface area contributed by atoms with Gasteiger partial charge in [0.2, 0.25) is 0 Å². The second-order valence-electron chi connectivity index (χ2n) is 4.47. The van der Waals surface area contributed by atoms with E-state index in [1.807, 2.05) is 27.0 Å². The molecule has 3 nitrogen and oxygen atoms in total. The summed E-state index contributed by atoms with van der Waals surface area (Å²) in [5, 5.41) is 3.22. The normalized spacial score (nSPS) is 11.6. The zero-order valence-electron chi connectivity index (χ0n) is 10.7. The standard InChI is InChI=1S/C13H20N2O/c1-6-11(16)12-9(2)15-8-7-10(12)13(3,4)14-5/h7-8,14H,6H2,1-5H3. The summed E-state index contributed by atoms with van der Waals surface area (Å²) >= 11 is 0. The quantitative estimate of drug-likeness (QED) is 0.792. The smallest absolute Gasteiger partial charge is 0.164 e. The summed E-state index contributed by atoms with van der Waals surface area (Å²) in [5.41, 5.74) is 2.39. The molecule has 0 bridgehead atoms. The number of nitrogens with zero attached hydrogens (tertiary/aromatic N) is 1. The Hall–Kier alpha value is -1.22. The molecule has 0 radical (unpaired) electrons. The number of ketones is 1. The fraction of sp³-hybridized carbons (Fsp3) is 0.538. The first-order valence-electron chi connectivity index (χ1n) is 5.62. The van der Waals surface area contributed by atoms with Crippen molar-refractivity contribution in [2.45, 2.75) is 39.7 Å². The lowest BCUT2D eigenvalue weighted by molar-refractivity contribution is 0.0984. The minimum Gasteiger partial charge on any atom is -0.311 e. The lowest BCUT2D eigenvalue weighted by atomic mass is 9.87. The zero-order chi connectivity index (χ0) is 12.3. The molecule has 0 aliphatic carbocycles. The summed E-state index contributed by atoms with van der Waals surface area (Å²) in [5.74, 6) is 0.156. The lowest BCUT2D eigenvalue weighted by Crippen LogP contribution is -2.35. The minimum absolute atomic E-state index is 0.156. The number of pyridine rings is 1. The number of aromatic nitrogens is 1. The molecule has 0 amide bonds. The van der Waals surface area contributed by atoms with Crippen LogP contribution < -0.4 is 5.32 Å². The molecule has 1 aromatic heterocycles. The van der Waals surface area contributed by atoms with E-state index < -0.39 is 0 Å². The number of carbonyl (C=O) groups is 1. The van der Waals surface area contributed by atoms with Crippen LogP contribution in [0.25, 0.3) is 0 Å². The Morgan fingerprint density at radius 3 is 2.62 bits per heavy atom. The van der Waals surface area contributed by atoms with Crippen LogP contribution >= 0.6 is 0 Å². The maximum Gasteiger partial charge on any atom is 0.164 e. The highest BCUT2D eigenvalue weighted by Gasteiger charge is 2.25. The predicted octanol–water partition coefficient (Wildman–Crippen LogP) is 2.44. The molecule has 0 fully saturated rings. The largest absolute Gasteiger partial charge is 0.311 e. The van der Waals surface area contributed by atoms with Crippen LogP contribution in [-0.4, -0.2) is 17.8 Å². The number of Topliss-reactive ketones (excluding diaryl/α,β-unsaturated/α-hetero) is 1. The van der Waals surface area contributed by atoms with Crippen LogP contribution in [0, 0.1) is 6.92 Å². The van der Waals surface area contributed by atoms with Gasteiger partial charge in [-0.25, -0.2) is 0 Å². The third-order valence-corrected chi connectivity index (χ3v) is 3.04. The van der Waals surface area contributed by atoms with E-state index in [9.17, 15) is 4.79 Å². The molecule has 0 saturated carbocycles. The van der Waals surface area contributed by atoms with Gasteiger partial charge in [-0.1, -0.05) is 6.92 Å². The van der Waals surface area contributed by atoms with Crippen molar-refractivity contribution in [1.29, 1.82) is 0 Å². The average molecular weight is 220 g/mol. The van der Waals surface area contributed by atoms with E-state index in [2.05, 4.69) is 24.1 Å². The van der Waals surface area contributed by atoms with Crippen molar-refractivity contribution >= 4 is 5.78 Å². The van der Waals surface area contributed by atoms with Gasteiger partial charge < -0.3 is 5.32 Å². The Kier molecular flexibility index (Phi) is 3.81. The Morgan fingerprint density at radius 1 is 1.50 bits per heavy atom. The summed E-state index contributed by atoms with van der Waals surface area (Å²) in [4.78, 5) is 16.2. The van der Waals surface area contributed by atoms with Crippen molar-refractivity contribution in [3.63, 3.8) is 0 Å². The van der Waals surface area contributed by atoms with Crippen molar-refractivity contribution in [2.75, 3.05) is 7.05 Å². The van der Waals surface area contributed by atoms with Gasteiger partial charge in [0, 0.05) is 29.4 Å². The number of nitrogens with one attached hydrogen (secondary N) is 1. The van der Waals surface area contributed by atoms with Gasteiger partial charge in [-0.05, 0) is 39.4 Å². The van der Waals surface area contributed by atoms with Crippen molar-refractivity contribution in [2.24, 2.45) is 0 Å². The number of hydrogen-bond acceptors (Lipinski definition) is 3. The van der Waals surface area contributed by atoms with Crippen molar-refractivity contribution in [1.82, 2.24) is 10.3 Å². The molecule has 0 unspecified atom stereocenters. The maximum atomic E-state index is 11.9. The van der Waals surface area contributed by atoms with Crippen LogP contribution in [0.3, 0.4) is 0 Å². The molecule has 0 aliphatic heterocycles. The van der Waals surface area contributed by atoms with Gasteiger partial charge in [0.1, 0.15) is 0 Å². The number of aryl methyl sites for hydroxylation is 1. The first-order chi connectivity index (χ1) is 7.44. The average Bonchev–Trinajstić information content (AvgIpc) is 2.27. The number of rotatable bonds is 4. The molecular formula is C13H20N2O. The predicted molar refractivity (Wildman–Crippen MR) is 65.7 cm³/mol. The Labute approximate surface area is 97.3 Å². The highest BCUT2D eigenvalue weighted by molar-refractivity contribution is 5.98. The van der Waals surface area contributed by atoms with Crippen LogP contribution in [0.5, 0.6) is 0 Å². The second-order valence-corrected chi connectivity index (χ2v) is 4.47. The molecule has 1 heterocycles. The van der Waals surface area contributed by atoms with Crippen molar-refractivity contribution in [3.8, 4) is 0 Å². The molecule has 0 atom stereocenters. The lowest BCUT2D eigenvalue weighted by Gasteiger charge is -2.27. The first kappa shape index (κ1) is 12.8. The molecule has 1 N–H and O–H groups in total. The van der Waals surface area contributed by atoms with Crippen LogP contribution in [0.2, 0.25) is 0 Å². The van der Waals surface area contributed by atoms with Gasteiger partial charge in [-0.15, -0.1) is 0 Å². The molecule has 16 heavy (non-hydrogen) atoms. The summed E-state index contributed by atoms with van der Waals surface area (Å²) in [6.07, 6.45) is 2.27. The van der Waals surface area contributed by atoms with E-state index in [-0.39, 0.29) is 11.3 Å².